The van der Waals surface area contributed by atoms with Crippen molar-refractivity contribution in [2.45, 2.75) is 25.7 Å². The molecular weight excluding hydrogens is 210 g/mol. The summed E-state index contributed by atoms with van der Waals surface area (Å²) in [6, 6.07) is 6.43. The molecule has 0 aliphatic heterocycles. The molecule has 1 rings (SSSR count). The van der Waals surface area contributed by atoms with Gasteiger partial charge in [-0.1, -0.05) is 25.1 Å². The minimum absolute atomic E-state index is 0.0210. The number of hydrogen-bond acceptors (Lipinski definition) is 3. The zero-order valence-electron chi connectivity index (χ0n) is 8.92. The number of carboxylic acid groups (broad SMARTS) is 1. The van der Waals surface area contributed by atoms with E-state index in [-0.39, 0.29) is 18.0 Å². The number of nitro benzene ring substituents is 1. The largest absolute Gasteiger partial charge is 0.481 e. The van der Waals surface area contributed by atoms with Crippen LogP contribution < -0.4 is 0 Å². The van der Waals surface area contributed by atoms with E-state index in [2.05, 4.69) is 0 Å². The van der Waals surface area contributed by atoms with Gasteiger partial charge in [-0.25, -0.2) is 0 Å². The molecule has 0 saturated carbocycles. The number of carbonyl (C=O) groups is 1. The van der Waals surface area contributed by atoms with Gasteiger partial charge in [-0.2, -0.15) is 0 Å². The standard InChI is InChI=1S/C11H13NO4/c1-8(6-7-11(13)14)9-4-2-3-5-10(9)12(15)16/h2-5,8H,6-7H2,1H3,(H,13,14). The van der Waals surface area contributed by atoms with Crippen LogP contribution in [0.15, 0.2) is 24.3 Å². The first-order chi connectivity index (χ1) is 7.52. The maximum absolute atomic E-state index is 10.8. The third-order valence-electron chi connectivity index (χ3n) is 2.46. The van der Waals surface area contributed by atoms with Crippen LogP contribution >= 0.6 is 0 Å². The number of para-hydroxylation sites is 1. The molecule has 1 aromatic carbocycles. The molecule has 0 heterocycles. The molecule has 1 unspecified atom stereocenters. The molecule has 0 bridgehead atoms. The molecule has 5 nitrogen and oxygen atoms in total. The summed E-state index contributed by atoms with van der Waals surface area (Å²) < 4.78 is 0. The molecule has 0 aromatic heterocycles. The minimum Gasteiger partial charge on any atom is -0.481 e. The molecule has 86 valence electrons. The van der Waals surface area contributed by atoms with E-state index >= 15 is 0 Å². The van der Waals surface area contributed by atoms with Gasteiger partial charge in [0.05, 0.1) is 4.92 Å². The molecule has 0 saturated heterocycles. The molecule has 0 fully saturated rings. The Morgan fingerprint density at radius 1 is 1.50 bits per heavy atom. The van der Waals surface area contributed by atoms with Crippen molar-refractivity contribution < 1.29 is 14.8 Å². The summed E-state index contributed by atoms with van der Waals surface area (Å²) >= 11 is 0. The van der Waals surface area contributed by atoms with Gasteiger partial charge in [0.25, 0.3) is 5.69 Å². The zero-order valence-corrected chi connectivity index (χ0v) is 8.92. The van der Waals surface area contributed by atoms with Crippen LogP contribution in [0.3, 0.4) is 0 Å². The lowest BCUT2D eigenvalue weighted by atomic mass is 9.95. The second-order valence-electron chi connectivity index (χ2n) is 3.65. The maximum atomic E-state index is 10.8. The fourth-order valence-electron chi connectivity index (χ4n) is 1.57. The highest BCUT2D eigenvalue weighted by Crippen LogP contribution is 2.28. The van der Waals surface area contributed by atoms with Crippen LogP contribution in [0.4, 0.5) is 5.69 Å². The fourth-order valence-corrected chi connectivity index (χ4v) is 1.57. The molecule has 1 N–H and O–H groups in total. The van der Waals surface area contributed by atoms with Gasteiger partial charge in [-0.05, 0) is 12.3 Å². The molecule has 0 aliphatic carbocycles. The van der Waals surface area contributed by atoms with Gasteiger partial charge in [-0.15, -0.1) is 0 Å². The number of benzene rings is 1. The second kappa shape index (κ2) is 5.25. The number of nitrogens with zero attached hydrogens (tertiary/aromatic N) is 1. The number of aliphatic carboxylic acids is 1. The molecule has 0 spiro atoms. The maximum Gasteiger partial charge on any atom is 0.303 e. The van der Waals surface area contributed by atoms with Gasteiger partial charge in [0.2, 0.25) is 0 Å². The summed E-state index contributed by atoms with van der Waals surface area (Å²) in [7, 11) is 0. The highest BCUT2D eigenvalue weighted by Gasteiger charge is 2.18. The summed E-state index contributed by atoms with van der Waals surface area (Å²) in [4.78, 5) is 20.7. The van der Waals surface area contributed by atoms with Crippen LogP contribution in [-0.4, -0.2) is 16.0 Å². The fraction of sp³-hybridized carbons (Fsp3) is 0.364. The predicted molar refractivity (Wildman–Crippen MR) is 58.4 cm³/mol. The minimum atomic E-state index is -0.884. The van der Waals surface area contributed by atoms with Crippen LogP contribution in [0.2, 0.25) is 0 Å². The van der Waals surface area contributed by atoms with Gasteiger partial charge >= 0.3 is 5.97 Å². The van der Waals surface area contributed by atoms with Gasteiger partial charge in [0, 0.05) is 18.1 Å². The smallest absolute Gasteiger partial charge is 0.303 e. The molecule has 0 amide bonds. The van der Waals surface area contributed by atoms with Crippen LogP contribution in [0.5, 0.6) is 0 Å². The summed E-state index contributed by atoms with van der Waals surface area (Å²) in [6.07, 6.45) is 0.424. The van der Waals surface area contributed by atoms with E-state index in [4.69, 9.17) is 5.11 Å². The molecule has 0 radical (unpaired) electrons. The normalized spacial score (nSPS) is 12.1. The van der Waals surface area contributed by atoms with E-state index in [9.17, 15) is 14.9 Å². The van der Waals surface area contributed by atoms with Crippen molar-refractivity contribution in [1.29, 1.82) is 0 Å². The summed E-state index contributed by atoms with van der Waals surface area (Å²) in [5.41, 5.74) is 0.647. The number of rotatable bonds is 5. The van der Waals surface area contributed by atoms with E-state index in [1.165, 1.54) is 6.07 Å². The lowest BCUT2D eigenvalue weighted by molar-refractivity contribution is -0.385. The average molecular weight is 223 g/mol. The molecule has 5 heteroatoms. The van der Waals surface area contributed by atoms with E-state index in [1.807, 2.05) is 0 Å². The zero-order chi connectivity index (χ0) is 12.1. The van der Waals surface area contributed by atoms with E-state index in [0.717, 1.165) is 0 Å². The SMILES string of the molecule is CC(CCC(=O)O)c1ccccc1[N+](=O)[O-]. The Morgan fingerprint density at radius 2 is 2.12 bits per heavy atom. The van der Waals surface area contributed by atoms with Crippen LogP contribution in [0.1, 0.15) is 31.2 Å². The van der Waals surface area contributed by atoms with Crippen molar-refractivity contribution in [3.05, 3.63) is 39.9 Å². The predicted octanol–water partition coefficient (Wildman–Crippen LogP) is 2.56. The average Bonchev–Trinajstić information content (AvgIpc) is 2.25. The monoisotopic (exact) mass is 223 g/mol. The lowest BCUT2D eigenvalue weighted by Gasteiger charge is -2.10. The Hall–Kier alpha value is -1.91. The van der Waals surface area contributed by atoms with Gasteiger partial charge in [0.1, 0.15) is 0 Å². The number of nitro groups is 1. The Bertz CT molecular complexity index is 403. The van der Waals surface area contributed by atoms with Crippen molar-refractivity contribution >= 4 is 11.7 Å². The van der Waals surface area contributed by atoms with E-state index in [1.54, 1.807) is 25.1 Å². The van der Waals surface area contributed by atoms with Crippen molar-refractivity contribution in [3.8, 4) is 0 Å². The van der Waals surface area contributed by atoms with E-state index in [0.29, 0.717) is 12.0 Å². The van der Waals surface area contributed by atoms with Crippen molar-refractivity contribution in [2.75, 3.05) is 0 Å². The van der Waals surface area contributed by atoms with Crippen molar-refractivity contribution in [3.63, 3.8) is 0 Å². The Morgan fingerprint density at radius 3 is 2.69 bits per heavy atom. The topological polar surface area (TPSA) is 80.4 Å². The second-order valence-corrected chi connectivity index (χ2v) is 3.65. The Labute approximate surface area is 92.9 Å². The molecular formula is C11H13NO4. The highest BCUT2D eigenvalue weighted by atomic mass is 16.6. The third-order valence-corrected chi connectivity index (χ3v) is 2.46. The first-order valence-corrected chi connectivity index (χ1v) is 4.97. The Kier molecular flexibility index (Phi) is 3.99. The molecule has 16 heavy (non-hydrogen) atoms. The summed E-state index contributed by atoms with van der Waals surface area (Å²) in [6.45, 7) is 1.80. The third kappa shape index (κ3) is 3.05. The van der Waals surface area contributed by atoms with Crippen molar-refractivity contribution in [1.82, 2.24) is 0 Å². The quantitative estimate of drug-likeness (QED) is 0.614. The summed E-state index contributed by atoms with van der Waals surface area (Å²) in [5.74, 6) is -1.01. The van der Waals surface area contributed by atoms with Gasteiger partial charge in [0.15, 0.2) is 0 Å². The molecule has 0 aliphatic rings. The first-order valence-electron chi connectivity index (χ1n) is 4.97. The highest BCUT2D eigenvalue weighted by molar-refractivity contribution is 5.66. The molecule has 1 atom stereocenters. The number of hydrogen-bond donors (Lipinski definition) is 1. The number of carboxylic acids is 1. The van der Waals surface area contributed by atoms with Crippen LogP contribution in [0.25, 0.3) is 0 Å². The molecule has 1 aromatic rings. The summed E-state index contributed by atoms with van der Waals surface area (Å²) in [5, 5.41) is 19.3. The van der Waals surface area contributed by atoms with Crippen LogP contribution in [0, 0.1) is 10.1 Å². The Balaban J connectivity index is 2.85. The lowest BCUT2D eigenvalue weighted by Crippen LogP contribution is -2.03. The van der Waals surface area contributed by atoms with Crippen molar-refractivity contribution in [2.24, 2.45) is 0 Å². The first kappa shape index (κ1) is 12.2. The van der Waals surface area contributed by atoms with Gasteiger partial charge < -0.3 is 5.11 Å². The van der Waals surface area contributed by atoms with E-state index < -0.39 is 10.9 Å². The van der Waals surface area contributed by atoms with Gasteiger partial charge in [-0.3, -0.25) is 14.9 Å². The van der Waals surface area contributed by atoms with Crippen LogP contribution in [-0.2, 0) is 4.79 Å².